The minimum atomic E-state index is -0.430. The summed E-state index contributed by atoms with van der Waals surface area (Å²) in [6.07, 6.45) is 0. The predicted octanol–water partition coefficient (Wildman–Crippen LogP) is 4.30. The van der Waals surface area contributed by atoms with Crippen LogP contribution in [-0.4, -0.2) is 5.11 Å². The molecule has 0 bridgehead atoms. The van der Waals surface area contributed by atoms with E-state index >= 15 is 0 Å². The Morgan fingerprint density at radius 1 is 0.900 bits per heavy atom. The summed E-state index contributed by atoms with van der Waals surface area (Å²) < 4.78 is 13.2. The maximum atomic E-state index is 13.2. The van der Waals surface area contributed by atoms with Crippen molar-refractivity contribution >= 4 is 16.5 Å². The molecule has 0 aliphatic rings. The van der Waals surface area contributed by atoms with Gasteiger partial charge >= 0.3 is 0 Å². The summed E-state index contributed by atoms with van der Waals surface area (Å²) in [5.74, 6) is -0.486. The van der Waals surface area contributed by atoms with Gasteiger partial charge in [-0.25, -0.2) is 4.39 Å². The van der Waals surface area contributed by atoms with Crippen LogP contribution in [0.15, 0.2) is 60.7 Å². The van der Waals surface area contributed by atoms with Gasteiger partial charge in [0, 0.05) is 18.3 Å². The lowest BCUT2D eigenvalue weighted by Gasteiger charge is -2.08. The topological polar surface area (TPSA) is 32.3 Å². The highest BCUT2D eigenvalue weighted by molar-refractivity contribution is 5.85. The zero-order valence-corrected chi connectivity index (χ0v) is 10.8. The number of hydrogen-bond acceptors (Lipinski definition) is 2. The molecule has 0 fully saturated rings. The molecule has 0 saturated heterocycles. The van der Waals surface area contributed by atoms with E-state index in [-0.39, 0.29) is 5.75 Å². The maximum absolute atomic E-state index is 13.2. The van der Waals surface area contributed by atoms with Crippen molar-refractivity contribution < 1.29 is 9.50 Å². The maximum Gasteiger partial charge on any atom is 0.127 e. The van der Waals surface area contributed by atoms with Crippen LogP contribution in [0.2, 0.25) is 0 Å². The fourth-order valence-electron chi connectivity index (χ4n) is 2.24. The lowest BCUT2D eigenvalue weighted by Crippen LogP contribution is -1.99. The van der Waals surface area contributed by atoms with Crippen molar-refractivity contribution in [1.82, 2.24) is 0 Å². The molecule has 0 heterocycles. The van der Waals surface area contributed by atoms with Crippen molar-refractivity contribution in [3.05, 3.63) is 72.0 Å². The Balaban J connectivity index is 1.79. The molecule has 2 N–H and O–H groups in total. The third-order valence-corrected chi connectivity index (χ3v) is 3.19. The molecule has 0 spiro atoms. The molecule has 2 nitrogen and oxygen atoms in total. The minimum Gasteiger partial charge on any atom is -0.508 e. The molecule has 0 aliphatic heterocycles. The molecule has 0 unspecified atom stereocenters. The van der Waals surface area contributed by atoms with E-state index in [1.165, 1.54) is 11.5 Å². The highest BCUT2D eigenvalue weighted by Crippen LogP contribution is 2.20. The number of phenolic OH excluding ortho intramolecular Hbond substituents is 1. The second-order valence-corrected chi connectivity index (χ2v) is 4.73. The van der Waals surface area contributed by atoms with Crippen molar-refractivity contribution in [2.24, 2.45) is 0 Å². The number of aromatic hydroxyl groups is 1. The van der Waals surface area contributed by atoms with E-state index in [1.54, 1.807) is 6.07 Å². The number of halogens is 1. The van der Waals surface area contributed by atoms with Crippen LogP contribution in [0.5, 0.6) is 5.75 Å². The van der Waals surface area contributed by atoms with Crippen LogP contribution < -0.4 is 5.32 Å². The van der Waals surface area contributed by atoms with Crippen LogP contribution in [0.4, 0.5) is 10.1 Å². The van der Waals surface area contributed by atoms with Crippen molar-refractivity contribution in [3.8, 4) is 5.75 Å². The van der Waals surface area contributed by atoms with Crippen molar-refractivity contribution in [2.75, 3.05) is 5.32 Å². The fraction of sp³-hybridized carbons (Fsp3) is 0.0588. The Hall–Kier alpha value is -2.55. The molecule has 3 aromatic rings. The number of nitrogens with one attached hydrogen (secondary N) is 1. The Morgan fingerprint density at radius 2 is 1.70 bits per heavy atom. The van der Waals surface area contributed by atoms with E-state index in [0.717, 1.165) is 17.1 Å². The first-order valence-corrected chi connectivity index (χ1v) is 6.42. The van der Waals surface area contributed by atoms with Gasteiger partial charge < -0.3 is 10.4 Å². The zero-order chi connectivity index (χ0) is 13.9. The number of benzene rings is 3. The molecule has 3 rings (SSSR count). The summed E-state index contributed by atoms with van der Waals surface area (Å²) in [5.41, 5.74) is 1.67. The molecule has 0 atom stereocenters. The highest BCUT2D eigenvalue weighted by Gasteiger charge is 2.01. The van der Waals surface area contributed by atoms with Gasteiger partial charge in [-0.05, 0) is 40.6 Å². The van der Waals surface area contributed by atoms with Gasteiger partial charge in [0.15, 0.2) is 0 Å². The Kier molecular flexibility index (Phi) is 3.25. The summed E-state index contributed by atoms with van der Waals surface area (Å²) in [4.78, 5) is 0. The Morgan fingerprint density at radius 3 is 2.50 bits per heavy atom. The SMILES string of the molecule is Oc1cc(F)cc(CNc2ccc3ccccc3c2)c1. The quantitative estimate of drug-likeness (QED) is 0.741. The van der Waals surface area contributed by atoms with Crippen molar-refractivity contribution in [2.45, 2.75) is 6.54 Å². The Labute approximate surface area is 116 Å². The van der Waals surface area contributed by atoms with Gasteiger partial charge in [-0.1, -0.05) is 30.3 Å². The van der Waals surface area contributed by atoms with Gasteiger partial charge in [0.1, 0.15) is 11.6 Å². The van der Waals surface area contributed by atoms with Crippen molar-refractivity contribution in [1.29, 1.82) is 0 Å². The first kappa shape index (κ1) is 12.5. The Bertz CT molecular complexity index is 735. The molecule has 3 aromatic carbocycles. The molecule has 3 heteroatoms. The fourth-order valence-corrected chi connectivity index (χ4v) is 2.24. The summed E-state index contributed by atoms with van der Waals surface area (Å²) in [5, 5.41) is 14.9. The van der Waals surface area contributed by atoms with Crippen LogP contribution in [0.1, 0.15) is 5.56 Å². The normalized spacial score (nSPS) is 10.7. The number of anilines is 1. The van der Waals surface area contributed by atoms with Gasteiger partial charge in [0.25, 0.3) is 0 Å². The predicted molar refractivity (Wildman–Crippen MR) is 79.3 cm³/mol. The van der Waals surface area contributed by atoms with E-state index in [0.29, 0.717) is 12.1 Å². The average Bonchev–Trinajstić information content (AvgIpc) is 2.44. The first-order valence-electron chi connectivity index (χ1n) is 6.42. The molecule has 0 amide bonds. The lowest BCUT2D eigenvalue weighted by molar-refractivity contribution is 0.468. The van der Waals surface area contributed by atoms with Gasteiger partial charge in [-0.3, -0.25) is 0 Å². The number of fused-ring (bicyclic) bond motifs is 1. The van der Waals surface area contributed by atoms with E-state index in [9.17, 15) is 9.50 Å². The molecule has 0 radical (unpaired) electrons. The highest BCUT2D eigenvalue weighted by atomic mass is 19.1. The molecular weight excluding hydrogens is 253 g/mol. The third-order valence-electron chi connectivity index (χ3n) is 3.19. The number of rotatable bonds is 3. The largest absolute Gasteiger partial charge is 0.508 e. The standard InChI is InChI=1S/C17H14FNO/c18-15-7-12(8-17(20)10-15)11-19-16-6-5-13-3-1-2-4-14(13)9-16/h1-10,19-20H,11H2. The second kappa shape index (κ2) is 5.21. The number of phenols is 1. The summed E-state index contributed by atoms with van der Waals surface area (Å²) >= 11 is 0. The van der Waals surface area contributed by atoms with Crippen LogP contribution in [0, 0.1) is 5.82 Å². The van der Waals surface area contributed by atoms with E-state index < -0.39 is 5.82 Å². The van der Waals surface area contributed by atoms with Crippen LogP contribution in [0.3, 0.4) is 0 Å². The van der Waals surface area contributed by atoms with Crippen LogP contribution in [-0.2, 0) is 6.54 Å². The second-order valence-electron chi connectivity index (χ2n) is 4.73. The van der Waals surface area contributed by atoms with Crippen LogP contribution in [0.25, 0.3) is 10.8 Å². The van der Waals surface area contributed by atoms with E-state index in [2.05, 4.69) is 23.5 Å². The molecule has 0 saturated carbocycles. The first-order chi connectivity index (χ1) is 9.70. The van der Waals surface area contributed by atoms with E-state index in [1.807, 2.05) is 24.3 Å². The van der Waals surface area contributed by atoms with Crippen molar-refractivity contribution in [3.63, 3.8) is 0 Å². The third kappa shape index (κ3) is 2.72. The minimum absolute atomic E-state index is 0.0553. The van der Waals surface area contributed by atoms with E-state index in [4.69, 9.17) is 0 Å². The summed E-state index contributed by atoms with van der Waals surface area (Å²) in [6.45, 7) is 0.462. The van der Waals surface area contributed by atoms with Gasteiger partial charge in [-0.2, -0.15) is 0 Å². The smallest absolute Gasteiger partial charge is 0.127 e. The van der Waals surface area contributed by atoms with Crippen LogP contribution >= 0.6 is 0 Å². The average molecular weight is 267 g/mol. The van der Waals surface area contributed by atoms with Gasteiger partial charge in [0.05, 0.1) is 0 Å². The van der Waals surface area contributed by atoms with Gasteiger partial charge in [-0.15, -0.1) is 0 Å². The molecule has 0 aromatic heterocycles. The van der Waals surface area contributed by atoms with Gasteiger partial charge in [0.2, 0.25) is 0 Å². The summed E-state index contributed by atoms with van der Waals surface area (Å²) in [6, 6.07) is 18.3. The molecule has 20 heavy (non-hydrogen) atoms. The lowest BCUT2D eigenvalue weighted by atomic mass is 10.1. The summed E-state index contributed by atoms with van der Waals surface area (Å²) in [7, 11) is 0. The molecule has 0 aliphatic carbocycles. The molecule has 100 valence electrons. The zero-order valence-electron chi connectivity index (χ0n) is 10.8. The number of hydrogen-bond donors (Lipinski definition) is 2. The molecular formula is C17H14FNO. The monoisotopic (exact) mass is 267 g/mol.